The van der Waals surface area contributed by atoms with Gasteiger partial charge in [0.2, 0.25) is 0 Å². The Morgan fingerprint density at radius 3 is 1.76 bits per heavy atom. The molecular formula is C36H42N2O6Sn. The molecule has 6 rings (SSSR count). The molecule has 1 N–H and O–H groups in total. The average Bonchev–Trinajstić information content (AvgIpc) is 3.61. The van der Waals surface area contributed by atoms with Gasteiger partial charge in [-0.1, -0.05) is 0 Å². The maximum atomic E-state index is 13.0. The van der Waals surface area contributed by atoms with Gasteiger partial charge in [-0.25, -0.2) is 0 Å². The topological polar surface area (TPSA) is 91.8 Å². The summed E-state index contributed by atoms with van der Waals surface area (Å²) in [5.41, 5.74) is 1.07. The summed E-state index contributed by atoms with van der Waals surface area (Å²) in [5, 5.41) is 0. The molecule has 236 valence electrons. The zero-order valence-electron chi connectivity index (χ0n) is 26.0. The number of ether oxygens (including phenoxy) is 2. The molecule has 2 aliphatic heterocycles. The van der Waals surface area contributed by atoms with Gasteiger partial charge in [0.15, 0.2) is 0 Å². The molecule has 2 aliphatic rings. The minimum absolute atomic E-state index is 0.196. The number of nitrogens with one attached hydrogen (secondary N) is 1. The Bertz CT molecular complexity index is 1540. The summed E-state index contributed by atoms with van der Waals surface area (Å²) >= 11 is -3.54. The average molecular weight is 717 g/mol. The number of nitrogens with zero attached hydrogens (tertiary/aromatic N) is 1. The van der Waals surface area contributed by atoms with Crippen LogP contribution in [0.1, 0.15) is 62.4 Å². The normalized spacial score (nSPS) is 22.4. The first-order chi connectivity index (χ1) is 22.0. The van der Waals surface area contributed by atoms with E-state index in [1.165, 1.54) is 16.8 Å². The van der Waals surface area contributed by atoms with Crippen LogP contribution < -0.4 is 11.2 Å². The van der Waals surface area contributed by atoms with Crippen molar-refractivity contribution in [1.82, 2.24) is 9.55 Å². The predicted molar refractivity (Wildman–Crippen MR) is 175 cm³/mol. The Hall–Kier alpha value is -3.02. The van der Waals surface area contributed by atoms with Gasteiger partial charge in [-0.3, -0.25) is 0 Å². The van der Waals surface area contributed by atoms with Gasteiger partial charge in [0.25, 0.3) is 0 Å². The van der Waals surface area contributed by atoms with Gasteiger partial charge in [-0.2, -0.15) is 0 Å². The van der Waals surface area contributed by atoms with E-state index >= 15 is 0 Å². The quantitative estimate of drug-likeness (QED) is 0.130. The molecule has 9 heteroatoms. The van der Waals surface area contributed by atoms with Crippen molar-refractivity contribution in [2.45, 2.75) is 78.5 Å². The summed E-state index contributed by atoms with van der Waals surface area (Å²) < 4.78 is 31.2. The number of aromatic nitrogens is 2. The number of fused-ring (bicyclic) bond motifs is 1. The first-order valence-corrected chi connectivity index (χ1v) is 22.5. The van der Waals surface area contributed by atoms with Gasteiger partial charge >= 0.3 is 270 Å². The van der Waals surface area contributed by atoms with Crippen molar-refractivity contribution in [2.75, 3.05) is 6.61 Å². The first-order valence-electron chi connectivity index (χ1n) is 16.1. The van der Waals surface area contributed by atoms with Gasteiger partial charge in [0, 0.05) is 0 Å². The number of benzene rings is 3. The van der Waals surface area contributed by atoms with Crippen LogP contribution in [0.2, 0.25) is 8.87 Å². The SMILES string of the molecule is CCC[CH2][Sn]1([CH2]CCC)[O][C@@H]2[C@H]([O]1)[C@H](COC(c1ccccc1)(c1ccccc1)c1ccccc1)O[C@H]2n1ccc(=O)[nH]c1=O. The number of hydrogen-bond donors (Lipinski definition) is 1. The van der Waals surface area contributed by atoms with Crippen LogP contribution in [0.5, 0.6) is 0 Å². The molecule has 0 amide bonds. The second kappa shape index (κ2) is 14.2. The van der Waals surface area contributed by atoms with E-state index in [9.17, 15) is 9.59 Å². The first kappa shape index (κ1) is 31.9. The Morgan fingerprint density at radius 1 is 0.756 bits per heavy atom. The summed E-state index contributed by atoms with van der Waals surface area (Å²) in [6.07, 6.45) is 3.60. The van der Waals surface area contributed by atoms with Crippen LogP contribution in [0.4, 0.5) is 0 Å². The molecule has 45 heavy (non-hydrogen) atoms. The molecule has 0 saturated carbocycles. The van der Waals surface area contributed by atoms with Crippen LogP contribution in [0.25, 0.3) is 0 Å². The van der Waals surface area contributed by atoms with E-state index in [-0.39, 0.29) is 6.61 Å². The van der Waals surface area contributed by atoms with Crippen LogP contribution in [-0.4, -0.2) is 53.7 Å². The number of hydrogen-bond acceptors (Lipinski definition) is 6. The summed E-state index contributed by atoms with van der Waals surface area (Å²) in [5.74, 6) is 0. The minimum atomic E-state index is -3.54. The maximum absolute atomic E-state index is 13.0. The van der Waals surface area contributed by atoms with Gasteiger partial charge in [-0.05, 0) is 0 Å². The van der Waals surface area contributed by atoms with E-state index in [1.807, 2.05) is 54.6 Å². The van der Waals surface area contributed by atoms with Crippen LogP contribution >= 0.6 is 0 Å². The molecule has 8 nitrogen and oxygen atoms in total. The Kier molecular flexibility index (Phi) is 10.1. The molecule has 0 bridgehead atoms. The van der Waals surface area contributed by atoms with Crippen LogP contribution in [-0.2, 0) is 21.2 Å². The van der Waals surface area contributed by atoms with Gasteiger partial charge < -0.3 is 0 Å². The third-order valence-corrected chi connectivity index (χ3v) is 19.3. The summed E-state index contributed by atoms with van der Waals surface area (Å²) in [4.78, 5) is 27.3. The van der Waals surface area contributed by atoms with Gasteiger partial charge in [0.05, 0.1) is 0 Å². The molecule has 0 spiro atoms. The molecule has 3 heterocycles. The Balaban J connectivity index is 1.40. The fourth-order valence-corrected chi connectivity index (χ4v) is 18.4. The van der Waals surface area contributed by atoms with Crippen molar-refractivity contribution < 1.29 is 15.6 Å². The number of rotatable bonds is 13. The molecule has 3 aromatic carbocycles. The summed E-state index contributed by atoms with van der Waals surface area (Å²) in [7, 11) is 0. The van der Waals surface area contributed by atoms with Crippen LogP contribution in [0, 0.1) is 0 Å². The molecule has 2 saturated heterocycles. The van der Waals surface area contributed by atoms with Crippen molar-refractivity contribution in [3.8, 4) is 0 Å². The monoisotopic (exact) mass is 718 g/mol. The van der Waals surface area contributed by atoms with E-state index < -0.39 is 60.6 Å². The van der Waals surface area contributed by atoms with E-state index in [2.05, 4.69) is 55.2 Å². The number of aromatic amines is 1. The second-order valence-corrected chi connectivity index (χ2v) is 21.4. The molecule has 0 unspecified atom stereocenters. The third-order valence-electron chi connectivity index (χ3n) is 8.94. The fraction of sp³-hybridized carbons (Fsp3) is 0.389. The van der Waals surface area contributed by atoms with Crippen molar-refractivity contribution in [2.24, 2.45) is 0 Å². The van der Waals surface area contributed by atoms with Crippen LogP contribution in [0.15, 0.2) is 113 Å². The molecule has 1 aromatic heterocycles. The molecule has 4 aromatic rings. The van der Waals surface area contributed by atoms with Gasteiger partial charge in [-0.15, -0.1) is 0 Å². The van der Waals surface area contributed by atoms with E-state index in [0.29, 0.717) is 0 Å². The van der Waals surface area contributed by atoms with Gasteiger partial charge in [0.1, 0.15) is 0 Å². The second-order valence-electron chi connectivity index (χ2n) is 12.0. The van der Waals surface area contributed by atoms with Crippen molar-refractivity contribution in [3.05, 3.63) is 141 Å². The molecule has 4 atom stereocenters. The molecular weight excluding hydrogens is 675 g/mol. The van der Waals surface area contributed by atoms with E-state index in [0.717, 1.165) is 51.2 Å². The van der Waals surface area contributed by atoms with Crippen molar-refractivity contribution in [1.29, 1.82) is 0 Å². The molecule has 0 radical (unpaired) electrons. The zero-order chi connectivity index (χ0) is 31.3. The van der Waals surface area contributed by atoms with Crippen molar-refractivity contribution >= 4 is 19.2 Å². The van der Waals surface area contributed by atoms with E-state index in [4.69, 9.17) is 15.6 Å². The summed E-state index contributed by atoms with van der Waals surface area (Å²) in [6, 6.07) is 32.1. The molecule has 2 fully saturated rings. The summed E-state index contributed by atoms with van der Waals surface area (Å²) in [6.45, 7) is 4.57. The Morgan fingerprint density at radius 2 is 1.27 bits per heavy atom. The fourth-order valence-electron chi connectivity index (χ4n) is 6.71. The van der Waals surface area contributed by atoms with Crippen LogP contribution in [0.3, 0.4) is 0 Å². The standard InChI is InChI=1S/C28H24N2O6.2C4H9.Sn/c31-23-16-17-30(27(34)29-23)26-25(33)24(32)22(36-26)18-35-28(19-10-4-1-5-11-19,20-12-6-2-7-13-20)21-14-8-3-9-15-21;2*1-3-4-2;/h1-17,22,24-26H,18H2,(H,29,31,34);2*1,3-4H2,2H3;/q-2;;;+2/t22-,24+,25+,26+;;;/m0.../s1. The number of H-pyrrole nitrogens is 1. The zero-order valence-corrected chi connectivity index (χ0v) is 28.8. The van der Waals surface area contributed by atoms with Crippen molar-refractivity contribution in [3.63, 3.8) is 0 Å². The van der Waals surface area contributed by atoms with E-state index in [1.54, 1.807) is 0 Å². The Labute approximate surface area is 269 Å². The number of unbranched alkanes of at least 4 members (excludes halogenated alkanes) is 2. The third kappa shape index (κ3) is 6.49. The molecule has 0 aliphatic carbocycles. The predicted octanol–water partition coefficient (Wildman–Crippen LogP) is 6.27.